The lowest BCUT2D eigenvalue weighted by atomic mass is 9.97. The standard InChI is InChI=1S/C18H25N5O2.HI/c1-19-18(23-10-8-13(9-11-23)17(24)25-3)20-12-16-21-14-6-4-5-7-15(14)22(16)2;/h4-7,13H,8-12H2,1-3H3,(H,19,20);1H. The Hall–Kier alpha value is -1.84. The zero-order valence-corrected chi connectivity index (χ0v) is 17.8. The van der Waals surface area contributed by atoms with Crippen molar-refractivity contribution in [1.82, 2.24) is 19.8 Å². The van der Waals surface area contributed by atoms with E-state index < -0.39 is 0 Å². The third kappa shape index (κ3) is 4.28. The number of nitrogens with one attached hydrogen (secondary N) is 1. The second kappa shape index (κ2) is 9.20. The quantitative estimate of drug-likeness (QED) is 0.322. The van der Waals surface area contributed by atoms with E-state index in [4.69, 9.17) is 4.74 Å². The molecule has 1 aromatic heterocycles. The first-order valence-corrected chi connectivity index (χ1v) is 8.57. The molecule has 2 aromatic rings. The SMILES string of the molecule is CN=C(NCc1nc2ccccc2n1C)N1CCC(C(=O)OC)CC1.I. The van der Waals surface area contributed by atoms with Gasteiger partial charge in [-0.05, 0) is 25.0 Å². The number of likely N-dealkylation sites (tertiary alicyclic amines) is 1. The van der Waals surface area contributed by atoms with Gasteiger partial charge in [-0.3, -0.25) is 9.79 Å². The van der Waals surface area contributed by atoms with Crippen LogP contribution in [0.3, 0.4) is 0 Å². The fourth-order valence-electron chi connectivity index (χ4n) is 3.34. The molecule has 0 unspecified atom stereocenters. The van der Waals surface area contributed by atoms with E-state index >= 15 is 0 Å². The smallest absolute Gasteiger partial charge is 0.308 e. The molecular weight excluding hydrogens is 445 g/mol. The highest BCUT2D eigenvalue weighted by atomic mass is 127. The average Bonchev–Trinajstić information content (AvgIpc) is 2.98. The van der Waals surface area contributed by atoms with E-state index in [1.807, 2.05) is 25.2 Å². The number of para-hydroxylation sites is 2. The number of benzene rings is 1. The summed E-state index contributed by atoms with van der Waals surface area (Å²) in [7, 11) is 5.26. The van der Waals surface area contributed by atoms with Crippen molar-refractivity contribution in [3.05, 3.63) is 30.1 Å². The number of esters is 1. The Balaban J connectivity index is 0.00000243. The normalized spacial score (nSPS) is 15.7. The lowest BCUT2D eigenvalue weighted by Gasteiger charge is -2.33. The molecule has 0 radical (unpaired) electrons. The highest BCUT2D eigenvalue weighted by Crippen LogP contribution is 2.19. The Morgan fingerprint density at radius 2 is 2.04 bits per heavy atom. The van der Waals surface area contributed by atoms with E-state index in [2.05, 4.69) is 30.8 Å². The number of aromatic nitrogens is 2. The summed E-state index contributed by atoms with van der Waals surface area (Å²) in [6.07, 6.45) is 1.58. The van der Waals surface area contributed by atoms with Gasteiger partial charge in [0.05, 0.1) is 30.6 Å². The maximum absolute atomic E-state index is 11.6. The van der Waals surface area contributed by atoms with E-state index in [-0.39, 0.29) is 35.9 Å². The van der Waals surface area contributed by atoms with Crippen LogP contribution in [0.4, 0.5) is 0 Å². The molecule has 26 heavy (non-hydrogen) atoms. The van der Waals surface area contributed by atoms with E-state index in [0.29, 0.717) is 6.54 Å². The van der Waals surface area contributed by atoms with Gasteiger partial charge in [0, 0.05) is 27.2 Å². The van der Waals surface area contributed by atoms with Crippen molar-refractivity contribution in [3.8, 4) is 0 Å². The van der Waals surface area contributed by atoms with Gasteiger partial charge in [-0.1, -0.05) is 12.1 Å². The minimum Gasteiger partial charge on any atom is -0.469 e. The van der Waals surface area contributed by atoms with Crippen LogP contribution in [0.25, 0.3) is 11.0 Å². The third-order valence-corrected chi connectivity index (χ3v) is 4.83. The molecule has 1 saturated heterocycles. The van der Waals surface area contributed by atoms with Crippen LogP contribution in [0.2, 0.25) is 0 Å². The highest BCUT2D eigenvalue weighted by Gasteiger charge is 2.27. The van der Waals surface area contributed by atoms with Gasteiger partial charge in [-0.25, -0.2) is 4.98 Å². The fourth-order valence-corrected chi connectivity index (χ4v) is 3.34. The molecule has 0 spiro atoms. The minimum absolute atomic E-state index is 0. The molecule has 0 bridgehead atoms. The monoisotopic (exact) mass is 471 g/mol. The summed E-state index contributed by atoms with van der Waals surface area (Å²) in [6.45, 7) is 2.19. The molecule has 2 heterocycles. The molecule has 3 rings (SSSR count). The van der Waals surface area contributed by atoms with Crippen LogP contribution in [0, 0.1) is 5.92 Å². The number of carbonyl (C=O) groups is 1. The van der Waals surface area contributed by atoms with Crippen molar-refractivity contribution < 1.29 is 9.53 Å². The zero-order valence-electron chi connectivity index (χ0n) is 15.4. The van der Waals surface area contributed by atoms with Crippen molar-refractivity contribution >= 4 is 46.9 Å². The molecular formula is C18H26IN5O2. The van der Waals surface area contributed by atoms with Gasteiger partial charge < -0.3 is 19.5 Å². The molecule has 0 aliphatic carbocycles. The first kappa shape index (κ1) is 20.5. The second-order valence-electron chi connectivity index (χ2n) is 6.26. The van der Waals surface area contributed by atoms with Crippen LogP contribution in [0.5, 0.6) is 0 Å². The number of nitrogens with zero attached hydrogens (tertiary/aromatic N) is 4. The number of carbonyl (C=O) groups excluding carboxylic acids is 1. The third-order valence-electron chi connectivity index (χ3n) is 4.83. The van der Waals surface area contributed by atoms with Crippen LogP contribution in [-0.4, -0.2) is 53.6 Å². The van der Waals surface area contributed by atoms with Crippen molar-refractivity contribution in [3.63, 3.8) is 0 Å². The van der Waals surface area contributed by atoms with Gasteiger partial charge in [-0.2, -0.15) is 0 Å². The number of hydrogen-bond donors (Lipinski definition) is 1. The Morgan fingerprint density at radius 1 is 1.35 bits per heavy atom. The van der Waals surface area contributed by atoms with Gasteiger partial charge in [0.2, 0.25) is 0 Å². The molecule has 8 heteroatoms. The number of guanidine groups is 1. The van der Waals surface area contributed by atoms with Crippen LogP contribution >= 0.6 is 24.0 Å². The highest BCUT2D eigenvalue weighted by molar-refractivity contribution is 14.0. The molecule has 142 valence electrons. The van der Waals surface area contributed by atoms with Crippen molar-refractivity contribution in [2.45, 2.75) is 19.4 Å². The Labute approximate surface area is 170 Å². The number of imidazole rings is 1. The van der Waals surface area contributed by atoms with Crippen molar-refractivity contribution in [1.29, 1.82) is 0 Å². The number of ether oxygens (including phenoxy) is 1. The number of methoxy groups -OCH3 is 1. The molecule has 1 aliphatic rings. The van der Waals surface area contributed by atoms with Gasteiger partial charge in [0.1, 0.15) is 5.82 Å². The summed E-state index contributed by atoms with van der Waals surface area (Å²) in [5.41, 5.74) is 2.11. The second-order valence-corrected chi connectivity index (χ2v) is 6.26. The number of halogens is 1. The minimum atomic E-state index is -0.109. The topological polar surface area (TPSA) is 71.8 Å². The summed E-state index contributed by atoms with van der Waals surface area (Å²) in [6, 6.07) is 8.10. The van der Waals surface area contributed by atoms with Gasteiger partial charge >= 0.3 is 5.97 Å². The number of fused-ring (bicyclic) bond motifs is 1. The summed E-state index contributed by atoms with van der Waals surface area (Å²) < 4.78 is 6.94. The summed E-state index contributed by atoms with van der Waals surface area (Å²) in [4.78, 5) is 22.9. The van der Waals surface area contributed by atoms with E-state index in [0.717, 1.165) is 48.7 Å². The molecule has 7 nitrogen and oxygen atoms in total. The fraction of sp³-hybridized carbons (Fsp3) is 0.500. The summed E-state index contributed by atoms with van der Waals surface area (Å²) >= 11 is 0. The van der Waals surface area contributed by atoms with E-state index in [1.165, 1.54) is 7.11 Å². The molecule has 1 N–H and O–H groups in total. The van der Waals surface area contributed by atoms with Crippen LogP contribution in [0.1, 0.15) is 18.7 Å². The first-order chi connectivity index (χ1) is 12.1. The van der Waals surface area contributed by atoms with Crippen molar-refractivity contribution in [2.75, 3.05) is 27.2 Å². The van der Waals surface area contributed by atoms with E-state index in [1.54, 1.807) is 7.05 Å². The van der Waals surface area contributed by atoms with Crippen molar-refractivity contribution in [2.24, 2.45) is 18.0 Å². The molecule has 1 aromatic carbocycles. The summed E-state index contributed by atoms with van der Waals surface area (Å²) in [5.74, 6) is 1.70. The Morgan fingerprint density at radius 3 is 2.65 bits per heavy atom. The number of rotatable bonds is 3. The van der Waals surface area contributed by atoms with E-state index in [9.17, 15) is 4.79 Å². The van der Waals surface area contributed by atoms with Gasteiger partial charge in [0.15, 0.2) is 5.96 Å². The first-order valence-electron chi connectivity index (χ1n) is 8.57. The largest absolute Gasteiger partial charge is 0.469 e. The summed E-state index contributed by atoms with van der Waals surface area (Å²) in [5, 5.41) is 3.39. The van der Waals surface area contributed by atoms with Crippen LogP contribution < -0.4 is 5.32 Å². The maximum atomic E-state index is 11.6. The molecule has 1 fully saturated rings. The lowest BCUT2D eigenvalue weighted by molar-refractivity contribution is -0.146. The lowest BCUT2D eigenvalue weighted by Crippen LogP contribution is -2.46. The maximum Gasteiger partial charge on any atom is 0.308 e. The van der Waals surface area contributed by atoms with Gasteiger partial charge in [0.25, 0.3) is 0 Å². The predicted molar refractivity (Wildman–Crippen MR) is 113 cm³/mol. The zero-order chi connectivity index (χ0) is 17.8. The van der Waals surface area contributed by atoms with Crippen LogP contribution in [-0.2, 0) is 23.1 Å². The van der Waals surface area contributed by atoms with Crippen LogP contribution in [0.15, 0.2) is 29.3 Å². The number of hydrogen-bond acceptors (Lipinski definition) is 4. The number of piperidine rings is 1. The molecule has 0 saturated carbocycles. The number of aliphatic imine (C=N–C) groups is 1. The Kier molecular flexibility index (Phi) is 7.24. The molecule has 0 amide bonds. The average molecular weight is 471 g/mol. The van der Waals surface area contributed by atoms with Gasteiger partial charge in [-0.15, -0.1) is 24.0 Å². The predicted octanol–water partition coefficient (Wildman–Crippen LogP) is 2.15. The molecule has 0 atom stereocenters. The Bertz CT molecular complexity index is 781. The molecule has 1 aliphatic heterocycles. The number of aryl methyl sites for hydroxylation is 1.